The Kier molecular flexibility index (Phi) is 5.74. The Morgan fingerprint density at radius 2 is 1.42 bits per heavy atom. The lowest BCUT2D eigenvalue weighted by atomic mass is 10.3. The third kappa shape index (κ3) is 5.17. The number of halogens is 1. The molecule has 0 aromatic heterocycles. The van der Waals surface area contributed by atoms with Crippen LogP contribution in [0.4, 0.5) is 11.4 Å². The quantitative estimate of drug-likeness (QED) is 0.792. The van der Waals surface area contributed by atoms with Gasteiger partial charge in [0, 0.05) is 22.8 Å². The van der Waals surface area contributed by atoms with Crippen molar-refractivity contribution in [2.24, 2.45) is 0 Å². The van der Waals surface area contributed by atoms with E-state index in [0.717, 1.165) is 4.47 Å². The summed E-state index contributed by atoms with van der Waals surface area (Å²) in [5.41, 5.74) is 1.03. The number of carbonyl (C=O) groups excluding carboxylic acids is 2. The molecular weight excluding hydrogens is 396 g/mol. The molecule has 0 aliphatic rings. The highest BCUT2D eigenvalue weighted by Crippen LogP contribution is 2.17. The monoisotopic (exact) mass is 410 g/mol. The lowest BCUT2D eigenvalue weighted by molar-refractivity contribution is -0.114. The summed E-state index contributed by atoms with van der Waals surface area (Å²) in [6, 6.07) is 12.5. The Balaban J connectivity index is 2.02. The molecule has 0 unspecified atom stereocenters. The van der Waals surface area contributed by atoms with Crippen LogP contribution < -0.4 is 10.6 Å². The van der Waals surface area contributed by atoms with E-state index in [2.05, 4.69) is 26.6 Å². The molecule has 0 aliphatic carbocycles. The molecule has 0 atom stereocenters. The van der Waals surface area contributed by atoms with Crippen molar-refractivity contribution < 1.29 is 18.0 Å². The molecular formula is C16H15BrN2O4S. The fraction of sp³-hybridized carbons (Fsp3) is 0.125. The molecule has 0 fully saturated rings. The Morgan fingerprint density at radius 3 is 1.92 bits per heavy atom. The van der Waals surface area contributed by atoms with Crippen molar-refractivity contribution in [2.45, 2.75) is 11.8 Å². The van der Waals surface area contributed by atoms with Crippen molar-refractivity contribution in [1.29, 1.82) is 0 Å². The average Bonchev–Trinajstić information content (AvgIpc) is 2.48. The van der Waals surface area contributed by atoms with Gasteiger partial charge in [-0.15, -0.1) is 0 Å². The number of hydrogen-bond donors (Lipinski definition) is 2. The number of sulfone groups is 1. The first-order valence-corrected chi connectivity index (χ1v) is 9.36. The van der Waals surface area contributed by atoms with E-state index >= 15 is 0 Å². The van der Waals surface area contributed by atoms with Crippen LogP contribution in [-0.2, 0) is 19.4 Å². The van der Waals surface area contributed by atoms with Gasteiger partial charge in [0.25, 0.3) is 0 Å². The third-order valence-electron chi connectivity index (χ3n) is 2.98. The summed E-state index contributed by atoms with van der Waals surface area (Å²) in [5.74, 6) is -1.49. The van der Waals surface area contributed by atoms with Crippen LogP contribution >= 0.6 is 15.9 Å². The Labute approximate surface area is 148 Å². The summed E-state index contributed by atoms with van der Waals surface area (Å²) in [6.07, 6.45) is 0. The number of hydrogen-bond acceptors (Lipinski definition) is 4. The lowest BCUT2D eigenvalue weighted by Gasteiger charge is -2.08. The van der Waals surface area contributed by atoms with Gasteiger partial charge in [-0.25, -0.2) is 8.42 Å². The second kappa shape index (κ2) is 7.59. The van der Waals surface area contributed by atoms with E-state index in [1.54, 1.807) is 36.4 Å². The van der Waals surface area contributed by atoms with Gasteiger partial charge >= 0.3 is 0 Å². The van der Waals surface area contributed by atoms with Gasteiger partial charge in [0.2, 0.25) is 11.8 Å². The fourth-order valence-corrected chi connectivity index (χ4v) is 3.33. The first-order valence-electron chi connectivity index (χ1n) is 6.92. The van der Waals surface area contributed by atoms with Crippen LogP contribution in [0.3, 0.4) is 0 Å². The maximum Gasteiger partial charge on any atom is 0.239 e. The molecule has 2 aromatic carbocycles. The smallest absolute Gasteiger partial charge is 0.239 e. The van der Waals surface area contributed by atoms with Crippen LogP contribution in [0.2, 0.25) is 0 Å². The highest BCUT2D eigenvalue weighted by Gasteiger charge is 2.19. The molecule has 2 N–H and O–H groups in total. The van der Waals surface area contributed by atoms with E-state index in [-0.39, 0.29) is 10.8 Å². The molecule has 0 radical (unpaired) electrons. The molecule has 0 heterocycles. The van der Waals surface area contributed by atoms with Gasteiger partial charge in [-0.1, -0.05) is 15.9 Å². The maximum atomic E-state index is 12.2. The van der Waals surface area contributed by atoms with Crippen LogP contribution in [0.15, 0.2) is 57.9 Å². The second-order valence-electron chi connectivity index (χ2n) is 5.02. The first kappa shape index (κ1) is 18.2. The minimum absolute atomic E-state index is 0.0851. The van der Waals surface area contributed by atoms with Crippen molar-refractivity contribution in [3.05, 3.63) is 53.0 Å². The molecule has 2 rings (SSSR count). The first-order chi connectivity index (χ1) is 11.3. The molecule has 126 valence electrons. The van der Waals surface area contributed by atoms with Crippen LogP contribution in [0.1, 0.15) is 6.92 Å². The van der Waals surface area contributed by atoms with Gasteiger partial charge in [-0.2, -0.15) is 0 Å². The zero-order chi connectivity index (χ0) is 17.7. The normalized spacial score (nSPS) is 10.9. The highest BCUT2D eigenvalue weighted by molar-refractivity contribution is 9.10. The second-order valence-corrected chi connectivity index (χ2v) is 7.92. The molecule has 2 amide bonds. The van der Waals surface area contributed by atoms with Crippen molar-refractivity contribution in [3.8, 4) is 0 Å². The van der Waals surface area contributed by atoms with E-state index in [4.69, 9.17) is 0 Å². The van der Waals surface area contributed by atoms with Gasteiger partial charge in [0.1, 0.15) is 5.75 Å². The van der Waals surface area contributed by atoms with Crippen LogP contribution in [0, 0.1) is 0 Å². The molecule has 0 saturated carbocycles. The van der Waals surface area contributed by atoms with Crippen LogP contribution in [-0.4, -0.2) is 26.0 Å². The molecule has 0 saturated heterocycles. The summed E-state index contributed by atoms with van der Waals surface area (Å²) in [5, 5.41) is 5.12. The van der Waals surface area contributed by atoms with E-state index in [1.165, 1.54) is 19.1 Å². The number of carbonyl (C=O) groups is 2. The van der Waals surface area contributed by atoms with Crippen LogP contribution in [0.5, 0.6) is 0 Å². The molecule has 24 heavy (non-hydrogen) atoms. The molecule has 2 aromatic rings. The standard InChI is InChI=1S/C16H15BrN2O4S/c1-11(20)18-13-4-6-14(7-5-13)19-16(21)10-24(22,23)15-8-2-12(17)3-9-15/h2-9H,10H2,1H3,(H,18,20)(H,19,21). The van der Waals surface area contributed by atoms with E-state index < -0.39 is 21.5 Å². The number of benzene rings is 2. The van der Waals surface area contributed by atoms with Crippen molar-refractivity contribution in [3.63, 3.8) is 0 Å². The largest absolute Gasteiger partial charge is 0.326 e. The minimum atomic E-state index is -3.71. The molecule has 0 spiro atoms. The SMILES string of the molecule is CC(=O)Nc1ccc(NC(=O)CS(=O)(=O)c2ccc(Br)cc2)cc1. The zero-order valence-corrected chi connectivity index (χ0v) is 15.1. The van der Waals surface area contributed by atoms with Crippen molar-refractivity contribution >= 4 is 49.0 Å². The average molecular weight is 411 g/mol. The fourth-order valence-electron chi connectivity index (χ4n) is 1.94. The Morgan fingerprint density at radius 1 is 0.917 bits per heavy atom. The van der Waals surface area contributed by atoms with Gasteiger partial charge in [0.15, 0.2) is 9.84 Å². The Hall–Kier alpha value is -2.19. The highest BCUT2D eigenvalue weighted by atomic mass is 79.9. The van der Waals surface area contributed by atoms with E-state index in [9.17, 15) is 18.0 Å². The van der Waals surface area contributed by atoms with Crippen molar-refractivity contribution in [2.75, 3.05) is 16.4 Å². The summed E-state index contributed by atoms with van der Waals surface area (Å²) >= 11 is 3.23. The van der Waals surface area contributed by atoms with Gasteiger partial charge < -0.3 is 10.6 Å². The van der Waals surface area contributed by atoms with E-state index in [1.807, 2.05) is 0 Å². The van der Waals surface area contributed by atoms with Gasteiger partial charge in [0.05, 0.1) is 4.90 Å². The van der Waals surface area contributed by atoms with Gasteiger partial charge in [-0.3, -0.25) is 9.59 Å². The molecule has 0 aliphatic heterocycles. The topological polar surface area (TPSA) is 92.3 Å². The van der Waals surface area contributed by atoms with E-state index in [0.29, 0.717) is 11.4 Å². The maximum absolute atomic E-state index is 12.2. The number of amides is 2. The van der Waals surface area contributed by atoms with Crippen LogP contribution in [0.25, 0.3) is 0 Å². The minimum Gasteiger partial charge on any atom is -0.326 e. The summed E-state index contributed by atoms with van der Waals surface area (Å²) < 4.78 is 25.1. The zero-order valence-electron chi connectivity index (χ0n) is 12.7. The molecule has 0 bridgehead atoms. The van der Waals surface area contributed by atoms with Gasteiger partial charge in [-0.05, 0) is 48.5 Å². The predicted molar refractivity (Wildman–Crippen MR) is 95.6 cm³/mol. The Bertz CT molecular complexity index is 847. The predicted octanol–water partition coefficient (Wildman–Crippen LogP) is 2.82. The number of anilines is 2. The number of rotatable bonds is 5. The summed E-state index contributed by atoms with van der Waals surface area (Å²) in [4.78, 5) is 23.0. The van der Waals surface area contributed by atoms with Crippen molar-refractivity contribution in [1.82, 2.24) is 0 Å². The third-order valence-corrected chi connectivity index (χ3v) is 5.14. The molecule has 6 nitrogen and oxygen atoms in total. The summed E-state index contributed by atoms with van der Waals surface area (Å²) in [7, 11) is -3.71. The summed E-state index contributed by atoms with van der Waals surface area (Å²) in [6.45, 7) is 1.39. The number of nitrogens with one attached hydrogen (secondary N) is 2. The molecule has 8 heteroatoms. The lowest BCUT2D eigenvalue weighted by Crippen LogP contribution is -2.23.